The lowest BCUT2D eigenvalue weighted by atomic mass is 10.1. The predicted octanol–water partition coefficient (Wildman–Crippen LogP) is 4.00. The van der Waals surface area contributed by atoms with E-state index in [0.717, 1.165) is 18.9 Å². The molecule has 1 aliphatic heterocycles. The zero-order valence-corrected chi connectivity index (χ0v) is 17.4. The fourth-order valence-electron chi connectivity index (χ4n) is 3.57. The van der Waals surface area contributed by atoms with Gasteiger partial charge in [-0.25, -0.2) is 13.5 Å². The Bertz CT molecular complexity index is 1030. The van der Waals surface area contributed by atoms with Crippen LogP contribution in [0.2, 0.25) is 0 Å². The van der Waals surface area contributed by atoms with Crippen molar-refractivity contribution in [3.63, 3.8) is 0 Å². The molecule has 0 amide bonds. The van der Waals surface area contributed by atoms with Crippen LogP contribution in [-0.2, 0) is 0 Å². The van der Waals surface area contributed by atoms with Crippen LogP contribution in [-0.4, -0.2) is 50.0 Å². The smallest absolute Gasteiger partial charge is 0.341 e. The Labute approximate surface area is 179 Å². The molecule has 29 heavy (non-hydrogen) atoms. The number of alkyl halides is 3. The average molecular weight is 464 g/mol. The Kier molecular flexibility index (Phi) is 5.43. The molecule has 6 nitrogen and oxygen atoms in total. The predicted molar refractivity (Wildman–Crippen MR) is 110 cm³/mol. The second-order valence-corrected chi connectivity index (χ2v) is 10.0. The number of nitrogens with zero attached hydrogens (tertiary/aromatic N) is 3. The van der Waals surface area contributed by atoms with Crippen LogP contribution in [0.5, 0.6) is 0 Å². The van der Waals surface area contributed by atoms with Crippen molar-refractivity contribution in [1.82, 2.24) is 8.87 Å². The lowest BCUT2D eigenvalue weighted by molar-refractivity contribution is 0.0695. The molecule has 1 saturated heterocycles. The van der Waals surface area contributed by atoms with Crippen molar-refractivity contribution in [2.24, 2.45) is 0 Å². The molecule has 156 valence electrons. The van der Waals surface area contributed by atoms with E-state index in [1.807, 2.05) is 0 Å². The number of aromatic carboxylic acids is 1. The molecule has 0 unspecified atom stereocenters. The highest BCUT2D eigenvalue weighted by Crippen LogP contribution is 2.40. The number of halogens is 4. The Morgan fingerprint density at radius 3 is 2.41 bits per heavy atom. The molecule has 2 fully saturated rings. The van der Waals surface area contributed by atoms with E-state index in [4.69, 9.17) is 23.2 Å². The maximum atomic E-state index is 14.9. The molecule has 0 spiro atoms. The summed E-state index contributed by atoms with van der Waals surface area (Å²) >= 11 is 11.4. The number of aromatic nitrogens is 1. The van der Waals surface area contributed by atoms with Gasteiger partial charge in [0.25, 0.3) is 0 Å². The standard InChI is InChI=1S/C18H17Cl2F2N3O3S/c19-18(20,22)29-24-5-3-23(4-6-24)15-8-14-11(7-13(15)21)16(26)12(17(27)28)9-25(14)10-1-2-10/h7-10H,1-6H2,(H,27,28). The summed E-state index contributed by atoms with van der Waals surface area (Å²) in [6, 6.07) is 2.82. The molecular formula is C18H17Cl2F2N3O3S. The second kappa shape index (κ2) is 7.61. The zero-order chi connectivity index (χ0) is 20.9. The summed E-state index contributed by atoms with van der Waals surface area (Å²) in [7, 11) is 0. The van der Waals surface area contributed by atoms with E-state index in [1.54, 1.807) is 19.8 Å². The third-order valence-corrected chi connectivity index (χ3v) is 6.33. The normalized spacial score (nSPS) is 18.4. The Hall–Kier alpha value is -1.55. The third kappa shape index (κ3) is 4.33. The molecule has 1 N–H and O–H groups in total. The first kappa shape index (κ1) is 20.7. The molecule has 2 aromatic rings. The lowest BCUT2D eigenvalue weighted by Gasteiger charge is -2.36. The Morgan fingerprint density at radius 2 is 1.86 bits per heavy atom. The van der Waals surface area contributed by atoms with E-state index in [2.05, 4.69) is 0 Å². The van der Waals surface area contributed by atoms with E-state index >= 15 is 0 Å². The van der Waals surface area contributed by atoms with Gasteiger partial charge in [0.2, 0.25) is 5.43 Å². The van der Waals surface area contributed by atoms with Crippen LogP contribution in [0.3, 0.4) is 0 Å². The summed E-state index contributed by atoms with van der Waals surface area (Å²) in [5.74, 6) is -1.93. The minimum Gasteiger partial charge on any atom is -0.477 e. The van der Waals surface area contributed by atoms with Gasteiger partial charge in [0.05, 0.1) is 11.2 Å². The average Bonchev–Trinajstić information content (AvgIpc) is 3.46. The van der Waals surface area contributed by atoms with E-state index in [0.29, 0.717) is 49.3 Å². The van der Waals surface area contributed by atoms with E-state index in [9.17, 15) is 23.5 Å². The molecule has 1 aromatic heterocycles. The molecule has 2 heterocycles. The number of hydrogen-bond donors (Lipinski definition) is 1. The number of pyridine rings is 1. The molecule has 2 aliphatic rings. The Morgan fingerprint density at radius 1 is 1.21 bits per heavy atom. The molecule has 0 radical (unpaired) electrons. The number of rotatable bonds is 5. The number of carboxylic acids is 1. The van der Waals surface area contributed by atoms with E-state index < -0.39 is 21.1 Å². The molecular weight excluding hydrogens is 447 g/mol. The summed E-state index contributed by atoms with van der Waals surface area (Å²) in [5.41, 5.74) is -0.221. The molecule has 1 aromatic carbocycles. The van der Waals surface area contributed by atoms with Crippen LogP contribution in [0.4, 0.5) is 14.5 Å². The number of anilines is 1. The first-order valence-electron chi connectivity index (χ1n) is 9.01. The molecule has 4 rings (SSSR count). The Balaban J connectivity index is 1.69. The topological polar surface area (TPSA) is 65.8 Å². The number of fused-ring (bicyclic) bond motifs is 1. The number of hydrogen-bond acceptors (Lipinski definition) is 5. The van der Waals surface area contributed by atoms with Gasteiger partial charge >= 0.3 is 9.89 Å². The van der Waals surface area contributed by atoms with Crippen LogP contribution < -0.4 is 10.3 Å². The first-order chi connectivity index (χ1) is 13.6. The van der Waals surface area contributed by atoms with Gasteiger partial charge in [-0.05, 0) is 36.9 Å². The van der Waals surface area contributed by atoms with Crippen LogP contribution in [0.1, 0.15) is 29.2 Å². The summed E-state index contributed by atoms with van der Waals surface area (Å²) in [5, 5.41) is 9.37. The SMILES string of the molecule is O=C(O)c1cn(C2CC2)c2cc(N3CCN(SC(F)(Cl)Cl)CC3)c(F)cc2c1=O. The van der Waals surface area contributed by atoms with Gasteiger partial charge in [-0.2, -0.15) is 4.39 Å². The quantitative estimate of drug-likeness (QED) is 0.533. The molecule has 0 bridgehead atoms. The summed E-state index contributed by atoms with van der Waals surface area (Å²) in [6.45, 7) is 1.67. The third-order valence-electron chi connectivity index (χ3n) is 5.08. The van der Waals surface area contributed by atoms with Gasteiger partial charge in [0, 0.05) is 43.8 Å². The van der Waals surface area contributed by atoms with E-state index in [1.165, 1.54) is 6.20 Å². The van der Waals surface area contributed by atoms with Gasteiger partial charge in [-0.1, -0.05) is 23.2 Å². The highest BCUT2D eigenvalue weighted by atomic mass is 35.5. The second-order valence-electron chi connectivity index (χ2n) is 7.09. The van der Waals surface area contributed by atoms with Crippen LogP contribution in [0.25, 0.3) is 10.9 Å². The fraction of sp³-hybridized carbons (Fsp3) is 0.444. The van der Waals surface area contributed by atoms with E-state index in [-0.39, 0.29) is 17.0 Å². The monoisotopic (exact) mass is 463 g/mol. The molecule has 11 heteroatoms. The number of carboxylic acid groups (broad SMARTS) is 1. The summed E-state index contributed by atoms with van der Waals surface area (Å²) in [4.78, 5) is 25.8. The van der Waals surface area contributed by atoms with Crippen LogP contribution in [0.15, 0.2) is 23.1 Å². The van der Waals surface area contributed by atoms with Gasteiger partial charge in [-0.3, -0.25) is 4.79 Å². The maximum Gasteiger partial charge on any atom is 0.341 e. The molecule has 1 aliphatic carbocycles. The van der Waals surface area contributed by atoms with Gasteiger partial charge in [0.1, 0.15) is 11.4 Å². The van der Waals surface area contributed by atoms with Crippen LogP contribution in [0, 0.1) is 5.82 Å². The van der Waals surface area contributed by atoms with Gasteiger partial charge < -0.3 is 14.6 Å². The van der Waals surface area contributed by atoms with Crippen molar-refractivity contribution in [2.45, 2.75) is 22.8 Å². The molecule has 0 atom stereocenters. The zero-order valence-electron chi connectivity index (χ0n) is 15.1. The van der Waals surface area contributed by atoms with Gasteiger partial charge in [0.15, 0.2) is 0 Å². The maximum absolute atomic E-state index is 14.9. The minimum absolute atomic E-state index is 0.0544. The highest BCUT2D eigenvalue weighted by Gasteiger charge is 2.31. The summed E-state index contributed by atoms with van der Waals surface area (Å²) < 4.78 is 29.3. The van der Waals surface area contributed by atoms with Crippen molar-refractivity contribution >= 4 is 57.7 Å². The highest BCUT2D eigenvalue weighted by molar-refractivity contribution is 8.00. The minimum atomic E-state index is -2.42. The lowest BCUT2D eigenvalue weighted by Crippen LogP contribution is -2.44. The summed E-state index contributed by atoms with van der Waals surface area (Å²) in [6.07, 6.45) is 3.10. The van der Waals surface area contributed by atoms with Crippen molar-refractivity contribution in [1.29, 1.82) is 0 Å². The number of benzene rings is 1. The fourth-order valence-corrected chi connectivity index (χ4v) is 4.80. The number of carbonyl (C=O) groups is 1. The van der Waals surface area contributed by atoms with Crippen molar-refractivity contribution in [3.8, 4) is 0 Å². The van der Waals surface area contributed by atoms with Gasteiger partial charge in [-0.15, -0.1) is 0 Å². The van der Waals surface area contributed by atoms with Crippen molar-refractivity contribution in [3.05, 3.63) is 39.9 Å². The molecule has 1 saturated carbocycles. The first-order valence-corrected chi connectivity index (χ1v) is 10.5. The van der Waals surface area contributed by atoms with Crippen molar-refractivity contribution in [2.75, 3.05) is 31.1 Å². The number of piperazine rings is 1. The van der Waals surface area contributed by atoms with Crippen LogP contribution >= 0.6 is 35.1 Å². The largest absolute Gasteiger partial charge is 0.477 e. The van der Waals surface area contributed by atoms with Crippen molar-refractivity contribution < 1.29 is 18.7 Å².